The molecule has 0 radical (unpaired) electrons. The molecule has 4 nitrogen and oxygen atoms in total. The summed E-state index contributed by atoms with van der Waals surface area (Å²) in [7, 11) is 0. The lowest BCUT2D eigenvalue weighted by atomic mass is 9.99. The molecule has 2 saturated heterocycles. The van der Waals surface area contributed by atoms with Crippen LogP contribution < -0.4 is 5.32 Å². The van der Waals surface area contributed by atoms with Crippen LogP contribution in [0.15, 0.2) is 0 Å². The molecule has 0 aliphatic carbocycles. The number of nitrogens with zero attached hydrogens (tertiary/aromatic N) is 1. The number of amides is 1. The van der Waals surface area contributed by atoms with Gasteiger partial charge in [-0.1, -0.05) is 0 Å². The first-order valence-electron chi connectivity index (χ1n) is 3.52. The van der Waals surface area contributed by atoms with Crippen LogP contribution in [0.5, 0.6) is 0 Å². The normalized spacial score (nSPS) is 37.0. The van der Waals surface area contributed by atoms with Gasteiger partial charge < -0.3 is 15.3 Å². The maximum absolute atomic E-state index is 10.4. The van der Waals surface area contributed by atoms with E-state index in [-0.39, 0.29) is 6.04 Å². The van der Waals surface area contributed by atoms with Gasteiger partial charge in [0.05, 0.1) is 6.04 Å². The van der Waals surface area contributed by atoms with Crippen LogP contribution in [0, 0.1) is 0 Å². The highest BCUT2D eigenvalue weighted by Crippen LogP contribution is 2.24. The molecule has 56 valence electrons. The third-order valence-electron chi connectivity index (χ3n) is 2.35. The quantitative estimate of drug-likeness (QED) is 0.488. The van der Waals surface area contributed by atoms with Crippen LogP contribution in [0.2, 0.25) is 0 Å². The van der Waals surface area contributed by atoms with E-state index in [0.717, 1.165) is 13.0 Å². The van der Waals surface area contributed by atoms with Gasteiger partial charge in [0.15, 0.2) is 0 Å². The number of carbonyl (C=O) groups is 1. The first-order chi connectivity index (χ1) is 4.79. The molecule has 2 aliphatic rings. The van der Waals surface area contributed by atoms with Crippen LogP contribution in [0.3, 0.4) is 0 Å². The summed E-state index contributed by atoms with van der Waals surface area (Å²) in [5.74, 6) is 0. The summed E-state index contributed by atoms with van der Waals surface area (Å²) in [5.41, 5.74) is 0. The lowest BCUT2D eigenvalue weighted by Crippen LogP contribution is -2.62. The molecule has 0 saturated carbocycles. The SMILES string of the molecule is O=C(O)N1CC2NCCC21. The van der Waals surface area contributed by atoms with Crippen molar-refractivity contribution in [1.82, 2.24) is 10.2 Å². The van der Waals surface area contributed by atoms with Crippen molar-refractivity contribution in [3.05, 3.63) is 0 Å². The Morgan fingerprint density at radius 1 is 1.70 bits per heavy atom. The Morgan fingerprint density at radius 2 is 2.50 bits per heavy atom. The van der Waals surface area contributed by atoms with E-state index in [9.17, 15) is 4.79 Å². The van der Waals surface area contributed by atoms with Crippen molar-refractivity contribution < 1.29 is 9.90 Å². The maximum atomic E-state index is 10.4. The van der Waals surface area contributed by atoms with Gasteiger partial charge in [-0.05, 0) is 13.0 Å². The van der Waals surface area contributed by atoms with Crippen molar-refractivity contribution in [2.75, 3.05) is 13.1 Å². The molecule has 0 spiro atoms. The Morgan fingerprint density at radius 3 is 3.10 bits per heavy atom. The average molecular weight is 142 g/mol. The summed E-state index contributed by atoms with van der Waals surface area (Å²) in [5, 5.41) is 11.8. The number of rotatable bonds is 0. The standard InChI is InChI=1S/C6H10N2O2/c9-6(10)8-3-4-5(8)1-2-7-4/h4-5,7H,1-3H2,(H,9,10). The molecule has 1 amide bonds. The fourth-order valence-electron chi connectivity index (χ4n) is 1.74. The van der Waals surface area contributed by atoms with Crippen LogP contribution in [-0.4, -0.2) is 41.3 Å². The zero-order valence-electron chi connectivity index (χ0n) is 5.58. The third-order valence-corrected chi connectivity index (χ3v) is 2.35. The highest BCUT2D eigenvalue weighted by molar-refractivity contribution is 5.67. The molecule has 2 rings (SSSR count). The zero-order chi connectivity index (χ0) is 7.14. The summed E-state index contributed by atoms with van der Waals surface area (Å²) in [6.07, 6.45) is 0.210. The molecule has 10 heavy (non-hydrogen) atoms. The first-order valence-corrected chi connectivity index (χ1v) is 3.52. The largest absolute Gasteiger partial charge is 0.465 e. The number of fused-ring (bicyclic) bond motifs is 1. The van der Waals surface area contributed by atoms with Gasteiger partial charge >= 0.3 is 6.09 Å². The van der Waals surface area contributed by atoms with Crippen molar-refractivity contribution in [3.63, 3.8) is 0 Å². The van der Waals surface area contributed by atoms with Crippen LogP contribution in [0.4, 0.5) is 4.79 Å². The summed E-state index contributed by atoms with van der Waals surface area (Å²) in [6.45, 7) is 1.65. The lowest BCUT2D eigenvalue weighted by Gasteiger charge is -2.41. The van der Waals surface area contributed by atoms with Gasteiger partial charge in [0, 0.05) is 12.6 Å². The molecule has 0 aromatic heterocycles. The second-order valence-corrected chi connectivity index (χ2v) is 2.85. The van der Waals surface area contributed by atoms with E-state index in [2.05, 4.69) is 5.32 Å². The molecule has 2 aliphatic heterocycles. The second-order valence-electron chi connectivity index (χ2n) is 2.85. The minimum absolute atomic E-state index is 0.275. The van der Waals surface area contributed by atoms with Crippen molar-refractivity contribution >= 4 is 6.09 Å². The smallest absolute Gasteiger partial charge is 0.407 e. The Hall–Kier alpha value is -0.770. The Bertz CT molecular complexity index is 171. The molecular formula is C6H10N2O2. The van der Waals surface area contributed by atoms with E-state index in [4.69, 9.17) is 5.11 Å². The fraction of sp³-hybridized carbons (Fsp3) is 0.833. The number of hydrogen-bond acceptors (Lipinski definition) is 2. The number of hydrogen-bond donors (Lipinski definition) is 2. The minimum Gasteiger partial charge on any atom is -0.465 e. The number of nitrogens with one attached hydrogen (secondary N) is 1. The summed E-state index contributed by atoms with van der Waals surface area (Å²) >= 11 is 0. The van der Waals surface area contributed by atoms with Crippen LogP contribution in [-0.2, 0) is 0 Å². The Labute approximate surface area is 58.8 Å². The lowest BCUT2D eigenvalue weighted by molar-refractivity contribution is 0.0652. The monoisotopic (exact) mass is 142 g/mol. The summed E-state index contributed by atoms with van der Waals surface area (Å²) in [4.78, 5) is 11.9. The van der Waals surface area contributed by atoms with Crippen LogP contribution in [0.1, 0.15) is 6.42 Å². The highest BCUT2D eigenvalue weighted by Gasteiger charge is 2.44. The second kappa shape index (κ2) is 1.85. The Balaban J connectivity index is 2.00. The van der Waals surface area contributed by atoms with Gasteiger partial charge in [-0.15, -0.1) is 0 Å². The van der Waals surface area contributed by atoms with E-state index in [1.165, 1.54) is 4.90 Å². The molecule has 2 fully saturated rings. The fourth-order valence-corrected chi connectivity index (χ4v) is 1.74. The van der Waals surface area contributed by atoms with Crippen LogP contribution >= 0.6 is 0 Å². The van der Waals surface area contributed by atoms with Crippen molar-refractivity contribution in [2.45, 2.75) is 18.5 Å². The van der Waals surface area contributed by atoms with Gasteiger partial charge in [0.2, 0.25) is 0 Å². The number of likely N-dealkylation sites (tertiary alicyclic amines) is 1. The van der Waals surface area contributed by atoms with E-state index >= 15 is 0 Å². The third kappa shape index (κ3) is 0.623. The molecular weight excluding hydrogens is 132 g/mol. The predicted molar refractivity (Wildman–Crippen MR) is 34.9 cm³/mol. The van der Waals surface area contributed by atoms with E-state index in [0.29, 0.717) is 12.6 Å². The van der Waals surface area contributed by atoms with E-state index in [1.807, 2.05) is 0 Å². The minimum atomic E-state index is -0.773. The maximum Gasteiger partial charge on any atom is 0.407 e. The summed E-state index contributed by atoms with van der Waals surface area (Å²) in [6, 6.07) is 0.730. The van der Waals surface area contributed by atoms with Gasteiger partial charge in [0.1, 0.15) is 0 Å². The zero-order valence-corrected chi connectivity index (χ0v) is 5.58. The molecule has 2 heterocycles. The van der Waals surface area contributed by atoms with Crippen molar-refractivity contribution in [2.24, 2.45) is 0 Å². The molecule has 2 N–H and O–H groups in total. The molecule has 0 aromatic rings. The average Bonchev–Trinajstić information content (AvgIpc) is 2.11. The molecule has 2 unspecified atom stereocenters. The van der Waals surface area contributed by atoms with E-state index < -0.39 is 6.09 Å². The Kier molecular flexibility index (Phi) is 1.11. The van der Waals surface area contributed by atoms with Crippen molar-refractivity contribution in [3.8, 4) is 0 Å². The predicted octanol–water partition coefficient (Wildman–Crippen LogP) is -0.290. The molecule has 2 atom stereocenters. The topological polar surface area (TPSA) is 52.6 Å². The molecule has 0 aromatic carbocycles. The van der Waals surface area contributed by atoms with Gasteiger partial charge in [-0.3, -0.25) is 0 Å². The molecule has 0 bridgehead atoms. The van der Waals surface area contributed by atoms with Gasteiger partial charge in [-0.25, -0.2) is 4.79 Å². The summed E-state index contributed by atoms with van der Waals surface area (Å²) < 4.78 is 0. The van der Waals surface area contributed by atoms with Crippen molar-refractivity contribution in [1.29, 1.82) is 0 Å². The van der Waals surface area contributed by atoms with Crippen LogP contribution in [0.25, 0.3) is 0 Å². The van der Waals surface area contributed by atoms with Gasteiger partial charge in [0.25, 0.3) is 0 Å². The van der Waals surface area contributed by atoms with Gasteiger partial charge in [-0.2, -0.15) is 0 Å². The number of carboxylic acid groups (broad SMARTS) is 1. The molecule has 4 heteroatoms. The highest BCUT2D eigenvalue weighted by atomic mass is 16.4. The van der Waals surface area contributed by atoms with E-state index in [1.54, 1.807) is 0 Å². The first kappa shape index (κ1) is 5.97.